The highest BCUT2D eigenvalue weighted by Gasteiger charge is 2.22. The molecule has 1 unspecified atom stereocenters. The first-order valence-corrected chi connectivity index (χ1v) is 8.34. The van der Waals surface area contributed by atoms with Crippen LogP contribution in [0.5, 0.6) is 11.6 Å². The molecule has 2 aromatic rings. The van der Waals surface area contributed by atoms with E-state index in [4.69, 9.17) is 4.74 Å². The van der Waals surface area contributed by atoms with Crippen molar-refractivity contribution in [3.05, 3.63) is 53.7 Å². The molecular weight excluding hydrogens is 360 g/mol. The van der Waals surface area contributed by atoms with Gasteiger partial charge in [0, 0.05) is 12.3 Å². The lowest BCUT2D eigenvalue weighted by Crippen LogP contribution is -2.48. The number of benzene rings is 1. The molecule has 1 aromatic heterocycles. The Morgan fingerprint density at radius 3 is 2.96 bits per heavy atom. The number of hydrogen-bond donors (Lipinski definition) is 3. The summed E-state index contributed by atoms with van der Waals surface area (Å²) in [5.74, 6) is 0.507. The molecule has 0 saturated heterocycles. The van der Waals surface area contributed by atoms with Crippen molar-refractivity contribution < 1.29 is 28.2 Å². The molecule has 7 nitrogen and oxygen atoms in total. The predicted molar refractivity (Wildman–Crippen MR) is 91.8 cm³/mol. The molecular formula is C18H19F2N3O4. The molecule has 3 N–H and O–H groups in total. The van der Waals surface area contributed by atoms with Gasteiger partial charge in [0.2, 0.25) is 5.88 Å². The summed E-state index contributed by atoms with van der Waals surface area (Å²) in [4.78, 5) is 15.9. The number of para-hydroxylation sites is 1. The van der Waals surface area contributed by atoms with Crippen LogP contribution in [0, 0.1) is 0 Å². The van der Waals surface area contributed by atoms with Crippen molar-refractivity contribution in [1.82, 2.24) is 15.6 Å². The van der Waals surface area contributed by atoms with E-state index in [1.165, 1.54) is 18.3 Å². The van der Waals surface area contributed by atoms with E-state index in [1.807, 2.05) is 24.3 Å². The third kappa shape index (κ3) is 5.04. The molecule has 144 valence electrons. The Kier molecular flexibility index (Phi) is 6.02. The number of fused-ring (bicyclic) bond motifs is 1. The summed E-state index contributed by atoms with van der Waals surface area (Å²) < 4.78 is 34.5. The molecule has 9 heteroatoms. The summed E-state index contributed by atoms with van der Waals surface area (Å²) in [7, 11) is 0. The van der Waals surface area contributed by atoms with Crippen molar-refractivity contribution in [3.63, 3.8) is 0 Å². The van der Waals surface area contributed by atoms with Crippen LogP contribution in [-0.2, 0) is 6.42 Å². The number of halogens is 2. The molecule has 3 rings (SSSR count). The Morgan fingerprint density at radius 2 is 2.19 bits per heavy atom. The molecule has 0 fully saturated rings. The number of hydrogen-bond acceptors (Lipinski definition) is 5. The van der Waals surface area contributed by atoms with E-state index in [1.54, 1.807) is 0 Å². The molecule has 1 aliphatic heterocycles. The predicted octanol–water partition coefficient (Wildman–Crippen LogP) is 2.02. The van der Waals surface area contributed by atoms with Crippen molar-refractivity contribution in [1.29, 1.82) is 0 Å². The number of nitrogens with zero attached hydrogens (tertiary/aromatic N) is 1. The van der Waals surface area contributed by atoms with E-state index < -0.39 is 25.3 Å². The summed E-state index contributed by atoms with van der Waals surface area (Å²) in [6, 6.07) is 8.79. The lowest BCUT2D eigenvalue weighted by atomic mass is 10.0. The minimum Gasteiger partial charge on any atom is -0.491 e. The van der Waals surface area contributed by atoms with Gasteiger partial charge in [0.05, 0.1) is 18.7 Å². The Balaban J connectivity index is 1.59. The maximum absolute atomic E-state index is 12.3. The normalized spacial score (nSPS) is 16.8. The molecule has 27 heavy (non-hydrogen) atoms. The number of pyridine rings is 1. The van der Waals surface area contributed by atoms with Crippen LogP contribution in [0.1, 0.15) is 17.2 Å². The van der Waals surface area contributed by atoms with Gasteiger partial charge in [0.1, 0.15) is 12.4 Å². The highest BCUT2D eigenvalue weighted by molar-refractivity contribution is 5.75. The zero-order chi connectivity index (χ0) is 19.2. The van der Waals surface area contributed by atoms with Crippen molar-refractivity contribution in [2.45, 2.75) is 25.1 Å². The number of nitrogens with one attached hydrogen (secondary N) is 2. The number of aliphatic hydroxyl groups excluding tert-OH is 1. The fraction of sp³-hybridized carbons (Fsp3) is 0.333. The van der Waals surface area contributed by atoms with E-state index >= 15 is 0 Å². The van der Waals surface area contributed by atoms with Crippen LogP contribution in [0.15, 0.2) is 42.6 Å². The number of carbonyl (C=O) groups is 1. The van der Waals surface area contributed by atoms with E-state index in [9.17, 15) is 18.7 Å². The number of carbonyl (C=O) groups excluding carboxylic acids is 1. The maximum atomic E-state index is 12.3. The number of alkyl halides is 2. The quantitative estimate of drug-likeness (QED) is 0.714. The van der Waals surface area contributed by atoms with Crippen molar-refractivity contribution in [2.24, 2.45) is 0 Å². The van der Waals surface area contributed by atoms with Gasteiger partial charge in [-0.3, -0.25) is 0 Å². The van der Waals surface area contributed by atoms with Crippen LogP contribution in [0.25, 0.3) is 0 Å². The Labute approximate surface area is 154 Å². The Hall–Kier alpha value is -2.94. The van der Waals surface area contributed by atoms with Gasteiger partial charge in [0.25, 0.3) is 0 Å². The minimum absolute atomic E-state index is 0.227. The first-order chi connectivity index (χ1) is 13.0. The number of rotatable bonds is 6. The zero-order valence-electron chi connectivity index (χ0n) is 14.3. The molecule has 1 aromatic carbocycles. The van der Waals surface area contributed by atoms with Crippen LogP contribution in [-0.4, -0.2) is 42.0 Å². The largest absolute Gasteiger partial charge is 0.491 e. The monoisotopic (exact) mass is 379 g/mol. The Morgan fingerprint density at radius 1 is 1.37 bits per heavy atom. The number of ether oxygens (including phenoxy) is 2. The summed E-state index contributed by atoms with van der Waals surface area (Å²) >= 11 is 0. The number of aromatic nitrogens is 1. The first-order valence-electron chi connectivity index (χ1n) is 8.34. The van der Waals surface area contributed by atoms with E-state index in [0.29, 0.717) is 18.6 Å². The molecule has 0 bridgehead atoms. The van der Waals surface area contributed by atoms with Gasteiger partial charge in [-0.25, -0.2) is 9.78 Å². The van der Waals surface area contributed by atoms with Gasteiger partial charge in [0.15, 0.2) is 0 Å². The van der Waals surface area contributed by atoms with Gasteiger partial charge in [-0.15, -0.1) is 0 Å². The number of urea groups is 1. The number of aliphatic hydroxyl groups is 1. The highest BCUT2D eigenvalue weighted by atomic mass is 19.3. The number of amides is 2. The fourth-order valence-corrected chi connectivity index (χ4v) is 2.84. The Bertz CT molecular complexity index is 791. The third-order valence-corrected chi connectivity index (χ3v) is 4.07. The SMILES string of the molecule is O=C(NC(CO)c1ccnc(OC(F)F)c1)N[C@@H]1COc2ccccc2C1. The minimum atomic E-state index is -3.01. The summed E-state index contributed by atoms with van der Waals surface area (Å²) in [5.41, 5.74) is 1.39. The molecule has 2 heterocycles. The molecule has 0 spiro atoms. The second kappa shape index (κ2) is 8.63. The highest BCUT2D eigenvalue weighted by Crippen LogP contribution is 2.24. The lowest BCUT2D eigenvalue weighted by Gasteiger charge is -2.27. The average molecular weight is 379 g/mol. The summed E-state index contributed by atoms with van der Waals surface area (Å²) in [6.07, 6.45) is 1.89. The van der Waals surface area contributed by atoms with E-state index in [-0.39, 0.29) is 11.9 Å². The average Bonchev–Trinajstić information content (AvgIpc) is 2.65. The second-order valence-corrected chi connectivity index (χ2v) is 5.98. The first kappa shape index (κ1) is 18.8. The lowest BCUT2D eigenvalue weighted by molar-refractivity contribution is -0.0529. The molecule has 0 aliphatic carbocycles. The van der Waals surface area contributed by atoms with Crippen LogP contribution < -0.4 is 20.1 Å². The van der Waals surface area contributed by atoms with Gasteiger partial charge >= 0.3 is 12.6 Å². The van der Waals surface area contributed by atoms with Gasteiger partial charge < -0.3 is 25.2 Å². The van der Waals surface area contributed by atoms with Crippen LogP contribution in [0.2, 0.25) is 0 Å². The van der Waals surface area contributed by atoms with E-state index in [0.717, 1.165) is 11.3 Å². The van der Waals surface area contributed by atoms with Crippen LogP contribution in [0.3, 0.4) is 0 Å². The summed E-state index contributed by atoms with van der Waals surface area (Å²) in [6.45, 7) is -3.10. The summed E-state index contributed by atoms with van der Waals surface area (Å²) in [5, 5.41) is 15.0. The van der Waals surface area contributed by atoms with Crippen LogP contribution in [0.4, 0.5) is 13.6 Å². The standard InChI is InChI=1S/C18H19F2N3O4/c19-17(20)27-16-8-11(5-6-21-16)14(9-24)23-18(25)22-13-7-12-3-1-2-4-15(12)26-10-13/h1-6,8,13-14,17,24H,7,9-10H2,(H2,22,23,25)/t13-,14?/m0/s1. The topological polar surface area (TPSA) is 92.7 Å². The maximum Gasteiger partial charge on any atom is 0.388 e. The van der Waals surface area contributed by atoms with Gasteiger partial charge in [-0.1, -0.05) is 18.2 Å². The van der Waals surface area contributed by atoms with Crippen molar-refractivity contribution >= 4 is 6.03 Å². The fourth-order valence-electron chi connectivity index (χ4n) is 2.84. The molecule has 2 atom stereocenters. The van der Waals surface area contributed by atoms with Gasteiger partial charge in [-0.05, 0) is 29.7 Å². The third-order valence-electron chi connectivity index (χ3n) is 4.07. The van der Waals surface area contributed by atoms with Crippen molar-refractivity contribution in [2.75, 3.05) is 13.2 Å². The second-order valence-electron chi connectivity index (χ2n) is 5.98. The van der Waals surface area contributed by atoms with Crippen LogP contribution >= 0.6 is 0 Å². The van der Waals surface area contributed by atoms with E-state index in [2.05, 4.69) is 20.4 Å². The molecule has 0 radical (unpaired) electrons. The van der Waals surface area contributed by atoms with Crippen molar-refractivity contribution in [3.8, 4) is 11.6 Å². The molecule has 1 aliphatic rings. The molecule has 0 saturated carbocycles. The zero-order valence-corrected chi connectivity index (χ0v) is 14.3. The molecule has 2 amide bonds. The smallest absolute Gasteiger partial charge is 0.388 e. The van der Waals surface area contributed by atoms with Gasteiger partial charge in [-0.2, -0.15) is 8.78 Å².